The van der Waals surface area contributed by atoms with Crippen LogP contribution in [0.1, 0.15) is 30.5 Å². The second-order valence-electron chi connectivity index (χ2n) is 8.88. The number of hydrogen-bond acceptors (Lipinski definition) is 6. The molecular formula is C28H27N3O4. The van der Waals surface area contributed by atoms with Crippen molar-refractivity contribution in [1.29, 1.82) is 5.26 Å². The van der Waals surface area contributed by atoms with Gasteiger partial charge in [0, 0.05) is 30.4 Å². The second-order valence-corrected chi connectivity index (χ2v) is 8.88. The Labute approximate surface area is 204 Å². The van der Waals surface area contributed by atoms with Crippen LogP contribution in [0.4, 0.5) is 0 Å². The van der Waals surface area contributed by atoms with Crippen LogP contribution in [0.25, 0.3) is 11.1 Å². The molecule has 0 radical (unpaired) electrons. The number of aryl methyl sites for hydroxylation is 1. The quantitative estimate of drug-likeness (QED) is 0.503. The first-order valence-electron chi connectivity index (χ1n) is 11.9. The van der Waals surface area contributed by atoms with Gasteiger partial charge >= 0.3 is 0 Å². The lowest BCUT2D eigenvalue weighted by atomic mass is 9.90. The van der Waals surface area contributed by atoms with Crippen LogP contribution in [-0.2, 0) is 11.2 Å². The number of benzene rings is 2. The number of aromatic nitrogens is 1. The molecule has 0 atom stereocenters. The van der Waals surface area contributed by atoms with Crippen molar-refractivity contribution in [3.63, 3.8) is 0 Å². The lowest BCUT2D eigenvalue weighted by molar-refractivity contribution is -0.134. The molecule has 35 heavy (non-hydrogen) atoms. The molecule has 0 saturated carbocycles. The fourth-order valence-corrected chi connectivity index (χ4v) is 4.62. The zero-order valence-electron chi connectivity index (χ0n) is 19.5. The second kappa shape index (κ2) is 10.5. The van der Waals surface area contributed by atoms with E-state index in [1.54, 1.807) is 12.3 Å². The summed E-state index contributed by atoms with van der Waals surface area (Å²) in [6, 6.07) is 19.3. The lowest BCUT2D eigenvalue weighted by Gasteiger charge is -2.32. The van der Waals surface area contributed by atoms with E-state index in [1.165, 1.54) is 5.56 Å². The minimum absolute atomic E-state index is 0.00256. The zero-order valence-corrected chi connectivity index (χ0v) is 19.5. The van der Waals surface area contributed by atoms with E-state index < -0.39 is 0 Å². The number of likely N-dealkylation sites (tertiary alicyclic amines) is 1. The molecule has 1 fully saturated rings. The molecule has 0 unspecified atom stereocenters. The van der Waals surface area contributed by atoms with Crippen molar-refractivity contribution in [1.82, 2.24) is 9.88 Å². The molecule has 1 amide bonds. The van der Waals surface area contributed by atoms with Gasteiger partial charge in [0.15, 0.2) is 18.1 Å². The monoisotopic (exact) mass is 469 g/mol. The van der Waals surface area contributed by atoms with E-state index in [4.69, 9.17) is 19.5 Å². The Morgan fingerprint density at radius 2 is 1.91 bits per heavy atom. The van der Waals surface area contributed by atoms with Gasteiger partial charge < -0.3 is 19.1 Å². The molecule has 2 aromatic carbocycles. The fraction of sp³-hybridized carbons (Fsp3) is 0.321. The summed E-state index contributed by atoms with van der Waals surface area (Å²) < 4.78 is 16.8. The van der Waals surface area contributed by atoms with Gasteiger partial charge in [-0.05, 0) is 67.5 Å². The number of carbonyl (C=O) groups excluding carboxylic acids is 1. The van der Waals surface area contributed by atoms with E-state index in [-0.39, 0.29) is 12.5 Å². The van der Waals surface area contributed by atoms with Crippen molar-refractivity contribution in [3.05, 3.63) is 72.1 Å². The van der Waals surface area contributed by atoms with E-state index in [1.807, 2.05) is 47.4 Å². The number of piperidine rings is 1. The molecule has 7 heteroatoms. The van der Waals surface area contributed by atoms with E-state index >= 15 is 0 Å². The largest absolute Gasteiger partial charge is 0.483 e. The van der Waals surface area contributed by atoms with Crippen LogP contribution in [0, 0.1) is 17.2 Å². The Morgan fingerprint density at radius 3 is 2.71 bits per heavy atom. The number of nitrogens with zero attached hydrogens (tertiary/aromatic N) is 3. The maximum absolute atomic E-state index is 12.8. The molecule has 0 bridgehead atoms. The summed E-state index contributed by atoms with van der Waals surface area (Å²) >= 11 is 0. The van der Waals surface area contributed by atoms with Crippen LogP contribution in [-0.4, -0.2) is 42.3 Å². The number of fused-ring (bicyclic) bond motifs is 1. The van der Waals surface area contributed by atoms with Crippen LogP contribution in [0.5, 0.6) is 17.2 Å². The van der Waals surface area contributed by atoms with Crippen molar-refractivity contribution >= 4 is 5.91 Å². The summed E-state index contributed by atoms with van der Waals surface area (Å²) in [4.78, 5) is 18.9. The Bertz CT molecular complexity index is 1230. The minimum atomic E-state index is 0.00256. The van der Waals surface area contributed by atoms with Crippen LogP contribution in [0.15, 0.2) is 60.8 Å². The van der Waals surface area contributed by atoms with Gasteiger partial charge in [-0.1, -0.05) is 24.3 Å². The summed E-state index contributed by atoms with van der Waals surface area (Å²) in [6.45, 7) is 1.82. The van der Waals surface area contributed by atoms with Crippen LogP contribution < -0.4 is 14.2 Å². The number of ether oxygens (including phenoxy) is 3. The Balaban J connectivity index is 1.10. The molecular weight excluding hydrogens is 442 g/mol. The summed E-state index contributed by atoms with van der Waals surface area (Å²) in [5, 5.41) is 8.96. The summed E-state index contributed by atoms with van der Waals surface area (Å²) in [5.41, 5.74) is 3.31. The fourth-order valence-electron chi connectivity index (χ4n) is 4.62. The van der Waals surface area contributed by atoms with Gasteiger partial charge in [0.05, 0.1) is 0 Å². The third-order valence-corrected chi connectivity index (χ3v) is 6.67. The molecule has 0 aliphatic carbocycles. The van der Waals surface area contributed by atoms with Crippen molar-refractivity contribution < 1.29 is 19.0 Å². The van der Waals surface area contributed by atoms with Gasteiger partial charge in [-0.15, -0.1) is 0 Å². The Kier molecular flexibility index (Phi) is 6.80. The molecule has 2 aliphatic rings. The molecule has 178 valence electrons. The smallest absolute Gasteiger partial charge is 0.260 e. The third-order valence-electron chi connectivity index (χ3n) is 6.67. The van der Waals surface area contributed by atoms with E-state index in [0.717, 1.165) is 61.4 Å². The first-order chi connectivity index (χ1) is 17.2. The van der Waals surface area contributed by atoms with Gasteiger partial charge in [0.25, 0.3) is 5.91 Å². The molecule has 1 aromatic heterocycles. The summed E-state index contributed by atoms with van der Waals surface area (Å²) in [7, 11) is 0. The highest BCUT2D eigenvalue weighted by atomic mass is 16.7. The van der Waals surface area contributed by atoms with Crippen LogP contribution in [0.3, 0.4) is 0 Å². The molecule has 3 heterocycles. The summed E-state index contributed by atoms with van der Waals surface area (Å²) in [5.74, 6) is 2.90. The molecule has 7 nitrogen and oxygen atoms in total. The van der Waals surface area contributed by atoms with Crippen LogP contribution in [0.2, 0.25) is 0 Å². The maximum atomic E-state index is 12.8. The number of nitriles is 1. The number of para-hydroxylation sites is 1. The standard InChI is InChI=1S/C28H27N3O4/c29-16-23-9-8-22(17-30-23)24-3-1-2-4-25(24)33-18-28(32)31-13-11-20(12-14-31)5-6-21-7-10-26-27(15-21)35-19-34-26/h1-4,7-10,15,17,20H,5-6,11-14,18-19H2. The lowest BCUT2D eigenvalue weighted by Crippen LogP contribution is -2.41. The summed E-state index contributed by atoms with van der Waals surface area (Å²) in [6.07, 6.45) is 5.76. The number of hydrogen-bond donors (Lipinski definition) is 0. The highest BCUT2D eigenvalue weighted by molar-refractivity contribution is 5.78. The van der Waals surface area contributed by atoms with Gasteiger partial charge in [-0.3, -0.25) is 4.79 Å². The van der Waals surface area contributed by atoms with Gasteiger partial charge in [0.1, 0.15) is 17.5 Å². The van der Waals surface area contributed by atoms with Crippen LogP contribution >= 0.6 is 0 Å². The predicted molar refractivity (Wildman–Crippen MR) is 130 cm³/mol. The zero-order chi connectivity index (χ0) is 24.0. The molecule has 0 spiro atoms. The molecule has 3 aromatic rings. The molecule has 2 aliphatic heterocycles. The average molecular weight is 470 g/mol. The predicted octanol–water partition coefficient (Wildman–Crippen LogP) is 4.60. The number of carbonyl (C=O) groups is 1. The topological polar surface area (TPSA) is 84.7 Å². The SMILES string of the molecule is N#Cc1ccc(-c2ccccc2OCC(=O)N2CCC(CCc3ccc4c(c3)OCO4)CC2)cn1. The number of rotatable bonds is 7. The normalized spacial score (nSPS) is 15.0. The number of amides is 1. The molecule has 0 N–H and O–H groups in total. The van der Waals surface area contributed by atoms with Crippen molar-refractivity contribution in [2.45, 2.75) is 25.7 Å². The van der Waals surface area contributed by atoms with Gasteiger partial charge in [-0.25, -0.2) is 4.98 Å². The highest BCUT2D eigenvalue weighted by Crippen LogP contribution is 2.34. The first kappa shape index (κ1) is 22.7. The highest BCUT2D eigenvalue weighted by Gasteiger charge is 2.23. The third kappa shape index (κ3) is 5.38. The first-order valence-corrected chi connectivity index (χ1v) is 11.9. The molecule has 5 rings (SSSR count). The minimum Gasteiger partial charge on any atom is -0.483 e. The maximum Gasteiger partial charge on any atom is 0.260 e. The Hall–Kier alpha value is -4.05. The van der Waals surface area contributed by atoms with E-state index in [2.05, 4.69) is 17.1 Å². The van der Waals surface area contributed by atoms with Crippen molar-refractivity contribution in [3.8, 4) is 34.4 Å². The number of pyridine rings is 1. The van der Waals surface area contributed by atoms with Crippen molar-refractivity contribution in [2.75, 3.05) is 26.5 Å². The van der Waals surface area contributed by atoms with Gasteiger partial charge in [0.2, 0.25) is 6.79 Å². The molecule has 1 saturated heterocycles. The van der Waals surface area contributed by atoms with E-state index in [9.17, 15) is 4.79 Å². The van der Waals surface area contributed by atoms with Crippen molar-refractivity contribution in [2.24, 2.45) is 5.92 Å². The van der Waals surface area contributed by atoms with E-state index in [0.29, 0.717) is 24.2 Å². The Morgan fingerprint density at radius 1 is 1.09 bits per heavy atom. The van der Waals surface area contributed by atoms with Gasteiger partial charge in [-0.2, -0.15) is 5.26 Å². The average Bonchev–Trinajstić information content (AvgIpc) is 3.39.